The van der Waals surface area contributed by atoms with Crippen molar-refractivity contribution < 1.29 is 0 Å². The van der Waals surface area contributed by atoms with E-state index in [1.54, 1.807) is 13.2 Å². The average molecular weight is 361 g/mol. The van der Waals surface area contributed by atoms with Crippen molar-refractivity contribution in [2.24, 2.45) is 7.05 Å². The molecule has 2 fully saturated rings. The van der Waals surface area contributed by atoms with Gasteiger partial charge in [0.1, 0.15) is 16.7 Å². The van der Waals surface area contributed by atoms with Crippen molar-refractivity contribution >= 4 is 23.1 Å². The number of aryl methyl sites for hydroxylation is 2. The van der Waals surface area contributed by atoms with Gasteiger partial charge in [-0.1, -0.05) is 11.6 Å². The van der Waals surface area contributed by atoms with Crippen LogP contribution in [0, 0.1) is 6.92 Å². The van der Waals surface area contributed by atoms with Gasteiger partial charge in [0.15, 0.2) is 0 Å². The summed E-state index contributed by atoms with van der Waals surface area (Å²) in [4.78, 5) is 25.7. The Hall–Kier alpha value is -2.15. The summed E-state index contributed by atoms with van der Waals surface area (Å²) >= 11 is 6.22. The number of anilines is 2. The average Bonchev–Trinajstić information content (AvgIpc) is 3.45. The standard InChI is InChI=1S/C17H21ClN6O/c1-11-9-14(21-16(20-11)12-3-4-12)24-7-5-23(6-8-24)13-10-19-22(2)17(25)15(13)18/h9-10,12H,3-8H2,1-2H3. The van der Waals surface area contributed by atoms with Crippen LogP contribution in [0.1, 0.15) is 30.3 Å². The van der Waals surface area contributed by atoms with Crippen LogP contribution in [0.3, 0.4) is 0 Å². The molecule has 0 aromatic carbocycles. The first-order valence-corrected chi connectivity index (χ1v) is 8.98. The number of halogens is 1. The van der Waals surface area contributed by atoms with Gasteiger partial charge in [-0.3, -0.25) is 4.79 Å². The first kappa shape index (κ1) is 16.3. The van der Waals surface area contributed by atoms with E-state index in [9.17, 15) is 4.79 Å². The monoisotopic (exact) mass is 360 g/mol. The predicted octanol–water partition coefficient (Wildman–Crippen LogP) is 1.74. The van der Waals surface area contributed by atoms with E-state index in [0.29, 0.717) is 11.6 Å². The predicted molar refractivity (Wildman–Crippen MR) is 97.7 cm³/mol. The molecule has 2 aliphatic rings. The molecule has 0 spiro atoms. The second kappa shape index (κ2) is 6.29. The molecule has 25 heavy (non-hydrogen) atoms. The first-order chi connectivity index (χ1) is 12.0. The highest BCUT2D eigenvalue weighted by atomic mass is 35.5. The molecule has 0 unspecified atom stereocenters. The third-order valence-corrected chi connectivity index (χ3v) is 5.16. The number of nitrogens with zero attached hydrogens (tertiary/aromatic N) is 6. The molecule has 7 nitrogen and oxygen atoms in total. The van der Waals surface area contributed by atoms with Crippen molar-refractivity contribution in [1.29, 1.82) is 0 Å². The molecule has 0 bridgehead atoms. The Balaban J connectivity index is 1.50. The molecule has 3 heterocycles. The fourth-order valence-corrected chi connectivity index (χ4v) is 3.45. The van der Waals surface area contributed by atoms with Gasteiger partial charge in [0.2, 0.25) is 0 Å². The molecule has 1 aliphatic heterocycles. The molecule has 0 N–H and O–H groups in total. The fraction of sp³-hybridized carbons (Fsp3) is 0.529. The Labute approximate surface area is 151 Å². The number of aromatic nitrogens is 4. The van der Waals surface area contributed by atoms with Gasteiger partial charge in [-0.2, -0.15) is 5.10 Å². The van der Waals surface area contributed by atoms with Crippen molar-refractivity contribution in [3.8, 4) is 0 Å². The maximum atomic E-state index is 12.0. The van der Waals surface area contributed by atoms with Crippen molar-refractivity contribution in [2.75, 3.05) is 36.0 Å². The number of hydrogen-bond donors (Lipinski definition) is 0. The molecule has 4 rings (SSSR count). The van der Waals surface area contributed by atoms with Crippen LogP contribution in [0.15, 0.2) is 17.1 Å². The lowest BCUT2D eigenvalue weighted by Gasteiger charge is -2.36. The molecule has 1 saturated heterocycles. The second-order valence-corrected chi connectivity index (χ2v) is 7.12. The number of hydrogen-bond acceptors (Lipinski definition) is 6. The maximum absolute atomic E-state index is 12.0. The van der Waals surface area contributed by atoms with Gasteiger partial charge < -0.3 is 9.80 Å². The minimum atomic E-state index is -0.262. The summed E-state index contributed by atoms with van der Waals surface area (Å²) in [5.74, 6) is 2.53. The lowest BCUT2D eigenvalue weighted by atomic mass is 10.2. The van der Waals surface area contributed by atoms with E-state index in [1.807, 2.05) is 13.0 Å². The van der Waals surface area contributed by atoms with E-state index < -0.39 is 0 Å². The van der Waals surface area contributed by atoms with Crippen LogP contribution in [0.5, 0.6) is 0 Å². The molecule has 2 aromatic rings. The molecule has 1 saturated carbocycles. The van der Waals surface area contributed by atoms with Crippen LogP contribution in [0.2, 0.25) is 5.02 Å². The zero-order valence-electron chi connectivity index (χ0n) is 14.4. The Bertz CT molecular complexity index is 855. The number of piperazine rings is 1. The third-order valence-electron chi connectivity index (χ3n) is 4.80. The Morgan fingerprint density at radius 2 is 1.80 bits per heavy atom. The molecule has 8 heteroatoms. The molecule has 1 aliphatic carbocycles. The highest BCUT2D eigenvalue weighted by Crippen LogP contribution is 2.38. The van der Waals surface area contributed by atoms with Crippen molar-refractivity contribution in [2.45, 2.75) is 25.7 Å². The largest absolute Gasteiger partial charge is 0.365 e. The van der Waals surface area contributed by atoms with Crippen LogP contribution >= 0.6 is 11.6 Å². The SMILES string of the molecule is Cc1cc(N2CCN(c3cnn(C)c(=O)c3Cl)CC2)nc(C2CC2)n1. The van der Waals surface area contributed by atoms with E-state index in [-0.39, 0.29) is 10.6 Å². The summed E-state index contributed by atoms with van der Waals surface area (Å²) in [6.07, 6.45) is 4.07. The van der Waals surface area contributed by atoms with Crippen LogP contribution in [0.25, 0.3) is 0 Å². The fourth-order valence-electron chi connectivity index (χ4n) is 3.16. The van der Waals surface area contributed by atoms with Gasteiger partial charge in [-0.05, 0) is 19.8 Å². The zero-order chi connectivity index (χ0) is 17.6. The Kier molecular flexibility index (Phi) is 4.11. The summed E-state index contributed by atoms with van der Waals surface area (Å²) in [5.41, 5.74) is 1.47. The van der Waals surface area contributed by atoms with Gasteiger partial charge >= 0.3 is 0 Å². The molecular weight excluding hydrogens is 340 g/mol. The summed E-state index contributed by atoms with van der Waals surface area (Å²) < 4.78 is 1.26. The number of rotatable bonds is 3. The van der Waals surface area contributed by atoms with Gasteiger partial charge in [0.05, 0.1) is 11.9 Å². The quantitative estimate of drug-likeness (QED) is 0.830. The lowest BCUT2D eigenvalue weighted by Crippen LogP contribution is -2.47. The summed E-state index contributed by atoms with van der Waals surface area (Å²) in [6, 6.07) is 2.05. The van der Waals surface area contributed by atoms with Crippen molar-refractivity contribution in [3.05, 3.63) is 39.2 Å². The van der Waals surface area contributed by atoms with Crippen LogP contribution in [-0.4, -0.2) is 45.9 Å². The van der Waals surface area contributed by atoms with E-state index in [0.717, 1.165) is 43.5 Å². The van der Waals surface area contributed by atoms with Crippen LogP contribution < -0.4 is 15.4 Å². The highest BCUT2D eigenvalue weighted by molar-refractivity contribution is 6.33. The topological polar surface area (TPSA) is 67.2 Å². The van der Waals surface area contributed by atoms with Gasteiger partial charge in [-0.15, -0.1) is 0 Å². The molecule has 0 atom stereocenters. The van der Waals surface area contributed by atoms with Crippen molar-refractivity contribution in [1.82, 2.24) is 19.7 Å². The first-order valence-electron chi connectivity index (χ1n) is 8.60. The third kappa shape index (κ3) is 3.20. The van der Waals surface area contributed by atoms with Gasteiger partial charge in [0, 0.05) is 50.9 Å². The molecule has 0 radical (unpaired) electrons. The minimum Gasteiger partial charge on any atom is -0.365 e. The second-order valence-electron chi connectivity index (χ2n) is 6.75. The van der Waals surface area contributed by atoms with Crippen LogP contribution in [-0.2, 0) is 7.05 Å². The summed E-state index contributed by atoms with van der Waals surface area (Å²) in [7, 11) is 1.60. The zero-order valence-corrected chi connectivity index (χ0v) is 15.2. The van der Waals surface area contributed by atoms with Crippen LogP contribution in [0.4, 0.5) is 11.5 Å². The van der Waals surface area contributed by atoms with Crippen molar-refractivity contribution in [3.63, 3.8) is 0 Å². The molecular formula is C17H21ClN6O. The van der Waals surface area contributed by atoms with E-state index >= 15 is 0 Å². The van der Waals surface area contributed by atoms with E-state index in [2.05, 4.69) is 19.9 Å². The smallest absolute Gasteiger partial charge is 0.287 e. The normalized spacial score (nSPS) is 17.9. The molecule has 0 amide bonds. The van der Waals surface area contributed by atoms with Gasteiger partial charge in [0.25, 0.3) is 5.56 Å². The molecule has 132 valence electrons. The lowest BCUT2D eigenvalue weighted by molar-refractivity contribution is 0.635. The Morgan fingerprint density at radius 1 is 1.12 bits per heavy atom. The van der Waals surface area contributed by atoms with Gasteiger partial charge in [-0.25, -0.2) is 14.6 Å². The van der Waals surface area contributed by atoms with E-state index in [4.69, 9.17) is 16.6 Å². The highest BCUT2D eigenvalue weighted by Gasteiger charge is 2.28. The minimum absolute atomic E-state index is 0.236. The molecule has 2 aromatic heterocycles. The Morgan fingerprint density at radius 3 is 2.48 bits per heavy atom. The summed E-state index contributed by atoms with van der Waals surface area (Å²) in [6.45, 7) is 5.23. The van der Waals surface area contributed by atoms with E-state index in [1.165, 1.54) is 17.5 Å². The maximum Gasteiger partial charge on any atom is 0.287 e. The summed E-state index contributed by atoms with van der Waals surface area (Å²) in [5, 5.41) is 4.32.